The van der Waals surface area contributed by atoms with Crippen LogP contribution in [-0.2, 0) is 0 Å². The number of benzene rings is 2. The Bertz CT molecular complexity index is 617. The molecule has 0 spiro atoms. The van der Waals surface area contributed by atoms with Crippen molar-refractivity contribution in [2.75, 3.05) is 0 Å². The summed E-state index contributed by atoms with van der Waals surface area (Å²) in [6.07, 6.45) is -0.756. The van der Waals surface area contributed by atoms with Crippen LogP contribution >= 0.6 is 0 Å². The van der Waals surface area contributed by atoms with Crippen molar-refractivity contribution in [1.82, 2.24) is 4.90 Å². The summed E-state index contributed by atoms with van der Waals surface area (Å²) in [5, 5.41) is 0. The van der Waals surface area contributed by atoms with E-state index in [-0.39, 0.29) is 11.8 Å². The van der Waals surface area contributed by atoms with E-state index in [9.17, 15) is 9.59 Å². The fourth-order valence-corrected chi connectivity index (χ4v) is 2.26. The fraction of sp³-hybridized carbons (Fsp3) is 0.0667. The van der Waals surface area contributed by atoms with Crippen LogP contribution in [0, 0.1) is 0 Å². The molecule has 0 aromatic heterocycles. The second kappa shape index (κ2) is 4.33. The highest BCUT2D eigenvalue weighted by Gasteiger charge is 2.38. The van der Waals surface area contributed by atoms with Gasteiger partial charge in [-0.1, -0.05) is 42.5 Å². The predicted molar refractivity (Wildman–Crippen MR) is 70.3 cm³/mol. The van der Waals surface area contributed by atoms with Crippen molar-refractivity contribution >= 4 is 11.8 Å². The molecule has 4 heteroatoms. The van der Waals surface area contributed by atoms with E-state index in [2.05, 4.69) is 0 Å². The maximum atomic E-state index is 12.2. The molecule has 19 heavy (non-hydrogen) atoms. The molecular weight excluding hydrogens is 240 g/mol. The topological polar surface area (TPSA) is 63.4 Å². The number of imide groups is 1. The molecule has 0 saturated carbocycles. The first-order valence-corrected chi connectivity index (χ1v) is 5.97. The normalized spacial score (nSPS) is 15.5. The standard InChI is InChI=1S/C15H12N2O2/c16-13(10-6-2-1-3-7-10)17-14(18)11-8-4-5-9-12(11)15(17)19/h1-9,13H,16H2. The number of hydrogen-bond donors (Lipinski definition) is 1. The van der Waals surface area contributed by atoms with Crippen LogP contribution in [0.4, 0.5) is 0 Å². The highest BCUT2D eigenvalue weighted by molar-refractivity contribution is 6.21. The van der Waals surface area contributed by atoms with Gasteiger partial charge in [0.05, 0.1) is 11.1 Å². The van der Waals surface area contributed by atoms with Crippen LogP contribution in [0.25, 0.3) is 0 Å². The summed E-state index contributed by atoms with van der Waals surface area (Å²) >= 11 is 0. The molecular formula is C15H12N2O2. The summed E-state index contributed by atoms with van der Waals surface area (Å²) in [4.78, 5) is 25.6. The second-order valence-corrected chi connectivity index (χ2v) is 4.38. The number of rotatable bonds is 2. The number of carbonyl (C=O) groups is 2. The van der Waals surface area contributed by atoms with Gasteiger partial charge in [0.1, 0.15) is 6.17 Å². The zero-order valence-corrected chi connectivity index (χ0v) is 10.1. The van der Waals surface area contributed by atoms with Crippen molar-refractivity contribution in [3.05, 3.63) is 71.3 Å². The number of nitrogens with two attached hydrogens (primary N) is 1. The molecule has 1 aliphatic heterocycles. The molecule has 0 radical (unpaired) electrons. The number of fused-ring (bicyclic) bond motifs is 1. The minimum Gasteiger partial charge on any atom is -0.307 e. The maximum Gasteiger partial charge on any atom is 0.263 e. The maximum absolute atomic E-state index is 12.2. The molecule has 1 atom stereocenters. The fourth-order valence-electron chi connectivity index (χ4n) is 2.26. The molecule has 1 aliphatic rings. The van der Waals surface area contributed by atoms with Gasteiger partial charge in [-0.2, -0.15) is 0 Å². The zero-order chi connectivity index (χ0) is 13.4. The third-order valence-electron chi connectivity index (χ3n) is 3.24. The van der Waals surface area contributed by atoms with Gasteiger partial charge in [-0.15, -0.1) is 0 Å². The lowest BCUT2D eigenvalue weighted by Crippen LogP contribution is -2.38. The Morgan fingerprint density at radius 1 is 0.789 bits per heavy atom. The average Bonchev–Trinajstić information content (AvgIpc) is 2.72. The Morgan fingerprint density at radius 2 is 1.26 bits per heavy atom. The number of nitrogens with zero attached hydrogens (tertiary/aromatic N) is 1. The Morgan fingerprint density at radius 3 is 1.79 bits per heavy atom. The zero-order valence-electron chi connectivity index (χ0n) is 10.1. The quantitative estimate of drug-likeness (QED) is 0.831. The third kappa shape index (κ3) is 1.73. The van der Waals surface area contributed by atoms with Gasteiger partial charge in [0.25, 0.3) is 11.8 Å². The van der Waals surface area contributed by atoms with E-state index >= 15 is 0 Å². The Labute approximate surface area is 110 Å². The molecule has 2 amide bonds. The van der Waals surface area contributed by atoms with E-state index in [1.807, 2.05) is 18.2 Å². The molecule has 0 fully saturated rings. The van der Waals surface area contributed by atoms with Crippen LogP contribution in [0.2, 0.25) is 0 Å². The molecule has 2 N–H and O–H groups in total. The van der Waals surface area contributed by atoms with Gasteiger partial charge in [-0.25, -0.2) is 0 Å². The highest BCUT2D eigenvalue weighted by Crippen LogP contribution is 2.28. The summed E-state index contributed by atoms with van der Waals surface area (Å²) in [7, 11) is 0. The van der Waals surface area contributed by atoms with E-state index in [0.29, 0.717) is 11.1 Å². The van der Waals surface area contributed by atoms with Crippen LogP contribution in [0.3, 0.4) is 0 Å². The molecule has 0 bridgehead atoms. The number of hydrogen-bond acceptors (Lipinski definition) is 3. The lowest BCUT2D eigenvalue weighted by atomic mass is 10.1. The van der Waals surface area contributed by atoms with Crippen LogP contribution in [0.5, 0.6) is 0 Å². The minimum absolute atomic E-state index is 0.336. The van der Waals surface area contributed by atoms with E-state index in [1.54, 1.807) is 36.4 Å². The third-order valence-corrected chi connectivity index (χ3v) is 3.24. The monoisotopic (exact) mass is 252 g/mol. The SMILES string of the molecule is NC(c1ccccc1)N1C(=O)c2ccccc2C1=O. The summed E-state index contributed by atoms with van der Waals surface area (Å²) in [6, 6.07) is 15.9. The number of amides is 2. The Hall–Kier alpha value is -2.46. The predicted octanol–water partition coefficient (Wildman–Crippen LogP) is 1.94. The Kier molecular flexibility index (Phi) is 2.65. The van der Waals surface area contributed by atoms with E-state index < -0.39 is 6.17 Å². The highest BCUT2D eigenvalue weighted by atomic mass is 16.2. The van der Waals surface area contributed by atoms with Crippen LogP contribution < -0.4 is 5.73 Å². The largest absolute Gasteiger partial charge is 0.307 e. The first-order valence-electron chi connectivity index (χ1n) is 5.97. The van der Waals surface area contributed by atoms with Crippen molar-refractivity contribution in [3.8, 4) is 0 Å². The van der Waals surface area contributed by atoms with Gasteiger partial charge >= 0.3 is 0 Å². The second-order valence-electron chi connectivity index (χ2n) is 4.38. The smallest absolute Gasteiger partial charge is 0.263 e. The van der Waals surface area contributed by atoms with E-state index in [0.717, 1.165) is 10.5 Å². The first-order chi connectivity index (χ1) is 9.20. The van der Waals surface area contributed by atoms with Crippen molar-refractivity contribution in [2.24, 2.45) is 5.73 Å². The van der Waals surface area contributed by atoms with E-state index in [1.165, 1.54) is 0 Å². The molecule has 0 saturated heterocycles. The molecule has 2 aromatic carbocycles. The van der Waals surface area contributed by atoms with Crippen LogP contribution in [-0.4, -0.2) is 16.7 Å². The molecule has 1 unspecified atom stereocenters. The minimum atomic E-state index is -0.756. The molecule has 94 valence electrons. The van der Waals surface area contributed by atoms with Gasteiger partial charge < -0.3 is 5.73 Å². The summed E-state index contributed by atoms with van der Waals surface area (Å²) in [6.45, 7) is 0. The van der Waals surface area contributed by atoms with Crippen LogP contribution in [0.1, 0.15) is 32.4 Å². The van der Waals surface area contributed by atoms with Gasteiger partial charge in [0.15, 0.2) is 0 Å². The van der Waals surface area contributed by atoms with Crippen molar-refractivity contribution in [3.63, 3.8) is 0 Å². The van der Waals surface area contributed by atoms with Gasteiger partial charge in [-0.05, 0) is 17.7 Å². The molecule has 0 aliphatic carbocycles. The Balaban J connectivity index is 2.01. The molecule has 2 aromatic rings. The molecule has 4 nitrogen and oxygen atoms in total. The first kappa shape index (κ1) is 11.6. The summed E-state index contributed by atoms with van der Waals surface area (Å²) in [5.41, 5.74) is 7.61. The van der Waals surface area contributed by atoms with Gasteiger partial charge in [-0.3, -0.25) is 14.5 Å². The van der Waals surface area contributed by atoms with E-state index in [4.69, 9.17) is 5.73 Å². The van der Waals surface area contributed by atoms with Crippen molar-refractivity contribution in [1.29, 1.82) is 0 Å². The molecule has 1 heterocycles. The van der Waals surface area contributed by atoms with Gasteiger partial charge in [0, 0.05) is 0 Å². The lowest BCUT2D eigenvalue weighted by molar-refractivity contribution is 0.0586. The average molecular weight is 252 g/mol. The summed E-state index contributed by atoms with van der Waals surface area (Å²) < 4.78 is 0. The van der Waals surface area contributed by atoms with Crippen molar-refractivity contribution in [2.45, 2.75) is 6.17 Å². The lowest BCUT2D eigenvalue weighted by Gasteiger charge is -2.22. The van der Waals surface area contributed by atoms with Gasteiger partial charge in [0.2, 0.25) is 0 Å². The van der Waals surface area contributed by atoms with Crippen LogP contribution in [0.15, 0.2) is 54.6 Å². The number of carbonyl (C=O) groups excluding carboxylic acids is 2. The summed E-state index contributed by atoms with van der Waals surface area (Å²) in [5.74, 6) is -0.672. The van der Waals surface area contributed by atoms with Crippen molar-refractivity contribution < 1.29 is 9.59 Å². The molecule has 3 rings (SSSR count).